The molecule has 0 radical (unpaired) electrons. The van der Waals surface area contributed by atoms with Crippen LogP contribution in [-0.2, 0) is 19.9 Å². The number of hydrogen-bond acceptors (Lipinski definition) is 6. The number of nitrogens with zero attached hydrogens (tertiary/aromatic N) is 6. The van der Waals surface area contributed by atoms with Crippen LogP contribution in [0.1, 0.15) is 21.6 Å². The van der Waals surface area contributed by atoms with Crippen LogP contribution in [0.25, 0.3) is 17.1 Å². The first kappa shape index (κ1) is 17.1. The Morgan fingerprint density at radius 3 is 2.76 bits per heavy atom. The molecule has 1 aliphatic rings. The SMILES string of the molecule is Cn1nc(C(N)=O)c2c1-c1nc(Nc3ccc(-n4ccnc4)cc3)ncc1CC2. The van der Waals surface area contributed by atoms with Gasteiger partial charge in [0.2, 0.25) is 5.95 Å². The second-order valence-corrected chi connectivity index (χ2v) is 6.87. The monoisotopic (exact) mass is 386 g/mol. The van der Waals surface area contributed by atoms with Crippen LogP contribution in [0.5, 0.6) is 0 Å². The average Bonchev–Trinajstić information content (AvgIpc) is 3.37. The number of rotatable bonds is 4. The van der Waals surface area contributed by atoms with Crippen molar-refractivity contribution < 1.29 is 4.79 Å². The van der Waals surface area contributed by atoms with Crippen LogP contribution in [0.2, 0.25) is 0 Å². The number of amides is 1. The number of anilines is 2. The Kier molecular flexibility index (Phi) is 3.87. The van der Waals surface area contributed by atoms with E-state index in [-0.39, 0.29) is 0 Å². The minimum atomic E-state index is -0.518. The van der Waals surface area contributed by atoms with Gasteiger partial charge < -0.3 is 15.6 Å². The van der Waals surface area contributed by atoms with Crippen molar-refractivity contribution in [1.29, 1.82) is 0 Å². The molecule has 0 saturated carbocycles. The van der Waals surface area contributed by atoms with Crippen molar-refractivity contribution >= 4 is 17.5 Å². The summed E-state index contributed by atoms with van der Waals surface area (Å²) in [5.41, 5.74) is 11.2. The second kappa shape index (κ2) is 6.55. The van der Waals surface area contributed by atoms with E-state index in [1.165, 1.54) is 0 Å². The predicted molar refractivity (Wildman–Crippen MR) is 107 cm³/mol. The van der Waals surface area contributed by atoms with Gasteiger partial charge in [-0.25, -0.2) is 15.0 Å². The average molecular weight is 386 g/mol. The third-order valence-corrected chi connectivity index (χ3v) is 5.04. The first-order chi connectivity index (χ1) is 14.1. The van der Waals surface area contributed by atoms with Crippen molar-refractivity contribution in [2.75, 3.05) is 5.32 Å². The highest BCUT2D eigenvalue weighted by molar-refractivity contribution is 5.94. The summed E-state index contributed by atoms with van der Waals surface area (Å²) >= 11 is 0. The zero-order chi connectivity index (χ0) is 20.0. The summed E-state index contributed by atoms with van der Waals surface area (Å²) in [6.45, 7) is 0. The highest BCUT2D eigenvalue weighted by Gasteiger charge is 2.27. The van der Waals surface area contributed by atoms with E-state index in [1.807, 2.05) is 41.2 Å². The van der Waals surface area contributed by atoms with E-state index in [2.05, 4.69) is 20.4 Å². The minimum Gasteiger partial charge on any atom is -0.364 e. The van der Waals surface area contributed by atoms with Crippen LogP contribution in [0.3, 0.4) is 0 Å². The molecule has 1 aliphatic carbocycles. The molecule has 5 rings (SSSR count). The summed E-state index contributed by atoms with van der Waals surface area (Å²) in [5, 5.41) is 7.53. The van der Waals surface area contributed by atoms with Crippen LogP contribution in [-0.4, -0.2) is 35.2 Å². The molecule has 0 atom stereocenters. The molecule has 0 saturated heterocycles. The highest BCUT2D eigenvalue weighted by Crippen LogP contribution is 2.34. The molecule has 3 aromatic heterocycles. The Morgan fingerprint density at radius 2 is 2.03 bits per heavy atom. The number of aromatic nitrogens is 6. The van der Waals surface area contributed by atoms with Crippen molar-refractivity contribution in [3.63, 3.8) is 0 Å². The first-order valence-corrected chi connectivity index (χ1v) is 9.17. The van der Waals surface area contributed by atoms with Gasteiger partial charge in [0.1, 0.15) is 0 Å². The van der Waals surface area contributed by atoms with Gasteiger partial charge in [-0.05, 0) is 42.7 Å². The molecule has 1 amide bonds. The Labute approximate surface area is 166 Å². The lowest BCUT2D eigenvalue weighted by Gasteiger charge is -2.17. The van der Waals surface area contributed by atoms with Crippen LogP contribution in [0.4, 0.5) is 11.6 Å². The van der Waals surface area contributed by atoms with Gasteiger partial charge in [0.25, 0.3) is 5.91 Å². The number of nitrogens with two attached hydrogens (primary N) is 1. The molecule has 4 aromatic rings. The van der Waals surface area contributed by atoms with Crippen molar-refractivity contribution in [1.82, 2.24) is 29.3 Å². The summed E-state index contributed by atoms with van der Waals surface area (Å²) in [6, 6.07) is 7.89. The number of nitrogens with one attached hydrogen (secondary N) is 1. The largest absolute Gasteiger partial charge is 0.364 e. The van der Waals surface area contributed by atoms with Crippen LogP contribution >= 0.6 is 0 Å². The number of carbonyl (C=O) groups excluding carboxylic acids is 1. The smallest absolute Gasteiger partial charge is 0.269 e. The molecule has 29 heavy (non-hydrogen) atoms. The molecular formula is C20H18N8O. The first-order valence-electron chi connectivity index (χ1n) is 9.17. The summed E-state index contributed by atoms with van der Waals surface area (Å²) in [4.78, 5) is 24.9. The minimum absolute atomic E-state index is 0.316. The predicted octanol–water partition coefficient (Wildman–Crippen LogP) is 2.00. The number of benzene rings is 1. The van der Waals surface area contributed by atoms with Gasteiger partial charge in [-0.1, -0.05) is 0 Å². The number of fused-ring (bicyclic) bond motifs is 3. The van der Waals surface area contributed by atoms with Crippen LogP contribution < -0.4 is 11.1 Å². The van der Waals surface area contributed by atoms with E-state index in [0.717, 1.165) is 40.3 Å². The normalized spacial score (nSPS) is 12.3. The second-order valence-electron chi connectivity index (χ2n) is 6.87. The number of hydrogen-bond donors (Lipinski definition) is 2. The van der Waals surface area contributed by atoms with Gasteiger partial charge in [-0.3, -0.25) is 9.48 Å². The lowest BCUT2D eigenvalue weighted by Crippen LogP contribution is -2.16. The molecule has 9 heteroatoms. The molecule has 0 unspecified atom stereocenters. The molecule has 3 N–H and O–H groups in total. The fourth-order valence-corrected chi connectivity index (χ4v) is 3.67. The van der Waals surface area contributed by atoms with Crippen LogP contribution in [0, 0.1) is 0 Å². The zero-order valence-corrected chi connectivity index (χ0v) is 15.7. The third-order valence-electron chi connectivity index (χ3n) is 5.04. The lowest BCUT2D eigenvalue weighted by atomic mass is 9.93. The molecule has 0 fully saturated rings. The molecule has 1 aromatic carbocycles. The molecule has 9 nitrogen and oxygen atoms in total. The van der Waals surface area contributed by atoms with E-state index < -0.39 is 5.91 Å². The molecule has 3 heterocycles. The maximum Gasteiger partial charge on any atom is 0.269 e. The van der Waals surface area contributed by atoms with Crippen molar-refractivity contribution in [2.24, 2.45) is 12.8 Å². The van der Waals surface area contributed by atoms with Crippen molar-refractivity contribution in [3.05, 3.63) is 66.0 Å². The topological polar surface area (TPSA) is 117 Å². The fourth-order valence-electron chi connectivity index (χ4n) is 3.67. The van der Waals surface area contributed by atoms with E-state index in [0.29, 0.717) is 18.1 Å². The quantitative estimate of drug-likeness (QED) is 0.554. The maximum absolute atomic E-state index is 11.7. The molecular weight excluding hydrogens is 368 g/mol. The summed E-state index contributed by atoms with van der Waals surface area (Å²) < 4.78 is 3.60. The van der Waals surface area contributed by atoms with E-state index >= 15 is 0 Å². The Balaban J connectivity index is 1.47. The van der Waals surface area contributed by atoms with Crippen LogP contribution in [0.15, 0.2) is 49.2 Å². The lowest BCUT2D eigenvalue weighted by molar-refractivity contribution is 0.0994. The zero-order valence-electron chi connectivity index (χ0n) is 15.7. The molecule has 0 aliphatic heterocycles. The third kappa shape index (κ3) is 2.92. The molecule has 144 valence electrons. The Hall–Kier alpha value is -4.01. The highest BCUT2D eigenvalue weighted by atomic mass is 16.1. The van der Waals surface area contributed by atoms with Gasteiger partial charge in [0.15, 0.2) is 5.69 Å². The fraction of sp³-hybridized carbons (Fsp3) is 0.150. The van der Waals surface area contributed by atoms with E-state index in [4.69, 9.17) is 10.7 Å². The van der Waals surface area contributed by atoms with E-state index in [1.54, 1.807) is 24.3 Å². The van der Waals surface area contributed by atoms with Gasteiger partial charge in [0, 0.05) is 42.6 Å². The molecule has 0 bridgehead atoms. The Morgan fingerprint density at radius 1 is 1.21 bits per heavy atom. The van der Waals surface area contributed by atoms with Gasteiger partial charge in [0.05, 0.1) is 17.7 Å². The summed E-state index contributed by atoms with van der Waals surface area (Å²) in [5.74, 6) is -0.0375. The maximum atomic E-state index is 11.7. The van der Waals surface area contributed by atoms with Gasteiger partial charge in [-0.15, -0.1) is 0 Å². The Bertz CT molecular complexity index is 1210. The van der Waals surface area contributed by atoms with Gasteiger partial charge >= 0.3 is 0 Å². The number of aryl methyl sites for hydroxylation is 2. The van der Waals surface area contributed by atoms with Crippen molar-refractivity contribution in [2.45, 2.75) is 12.8 Å². The standard InChI is InChI=1S/C20H18N8O/c1-27-18-15(17(26-27)19(21)29)7-2-12-10-23-20(25-16(12)18)24-13-3-5-14(6-4-13)28-9-8-22-11-28/h3-6,8-11H,2,7H2,1H3,(H2,21,29)(H,23,24,25). The van der Waals surface area contributed by atoms with E-state index in [9.17, 15) is 4.79 Å². The summed E-state index contributed by atoms with van der Waals surface area (Å²) in [7, 11) is 1.80. The van der Waals surface area contributed by atoms with Crippen molar-refractivity contribution in [3.8, 4) is 17.1 Å². The molecule has 0 spiro atoms. The number of primary amides is 1. The summed E-state index contributed by atoms with van der Waals surface area (Å²) in [6.07, 6.45) is 8.64. The van der Waals surface area contributed by atoms with Gasteiger partial charge in [-0.2, -0.15) is 5.10 Å². The number of carbonyl (C=O) groups is 1. The number of imidazole rings is 1.